The lowest BCUT2D eigenvalue weighted by molar-refractivity contribution is 0.287. The van der Waals surface area contributed by atoms with Gasteiger partial charge in [-0.2, -0.15) is 0 Å². The number of allylic oxidation sites excluding steroid dienone is 1. The first kappa shape index (κ1) is 13.8. The van der Waals surface area contributed by atoms with E-state index < -0.39 is 0 Å². The summed E-state index contributed by atoms with van der Waals surface area (Å²) in [6.07, 6.45) is 3.44. The van der Waals surface area contributed by atoms with E-state index in [1.807, 2.05) is 6.08 Å². The summed E-state index contributed by atoms with van der Waals surface area (Å²) in [5, 5.41) is 8.98. The van der Waals surface area contributed by atoms with Crippen molar-refractivity contribution < 1.29 is 5.11 Å². The molecule has 0 spiro atoms. The Morgan fingerprint density at radius 1 is 1.42 bits per heavy atom. The molecule has 0 atom stereocenters. The zero-order valence-electron chi connectivity index (χ0n) is 11.8. The van der Waals surface area contributed by atoms with Gasteiger partial charge in [0.1, 0.15) is 5.82 Å². The second kappa shape index (κ2) is 6.02. The largest absolute Gasteiger partial charge is 0.396 e. The Balaban J connectivity index is 2.48. The van der Waals surface area contributed by atoms with Gasteiger partial charge in [-0.1, -0.05) is 26.0 Å². The summed E-state index contributed by atoms with van der Waals surface area (Å²) < 4.78 is 2.18. The summed E-state index contributed by atoms with van der Waals surface area (Å²) in [7, 11) is 0. The molecule has 1 N–H and O–H groups in total. The molecule has 0 saturated heterocycles. The minimum absolute atomic E-state index is 0.203. The van der Waals surface area contributed by atoms with Gasteiger partial charge < -0.3 is 9.67 Å². The summed E-state index contributed by atoms with van der Waals surface area (Å²) in [4.78, 5) is 4.72. The zero-order valence-corrected chi connectivity index (χ0v) is 11.8. The molecule has 2 aromatic rings. The summed E-state index contributed by atoms with van der Waals surface area (Å²) >= 11 is 0. The van der Waals surface area contributed by atoms with Crippen LogP contribution in [0.15, 0.2) is 30.9 Å². The standard InChI is InChI=1S/C16H22N2O/c1-4-9-18-15-8-7-13(12(2)3)11-14(15)17-16(18)6-5-10-19/h4,7-8,11-12,19H,1,5-6,9-10H2,2-3H3. The molecule has 0 saturated carbocycles. The van der Waals surface area contributed by atoms with E-state index in [4.69, 9.17) is 10.1 Å². The van der Waals surface area contributed by atoms with Gasteiger partial charge in [0.2, 0.25) is 0 Å². The Labute approximate surface area is 114 Å². The number of aryl methyl sites for hydroxylation is 1. The van der Waals surface area contributed by atoms with Crippen LogP contribution in [0.2, 0.25) is 0 Å². The fraction of sp³-hybridized carbons (Fsp3) is 0.438. The third kappa shape index (κ3) is 2.87. The summed E-state index contributed by atoms with van der Waals surface area (Å²) in [6.45, 7) is 9.15. The van der Waals surface area contributed by atoms with E-state index in [1.165, 1.54) is 5.56 Å². The molecule has 2 rings (SSSR count). The Morgan fingerprint density at radius 2 is 2.21 bits per heavy atom. The molecule has 0 unspecified atom stereocenters. The Bertz CT molecular complexity index is 569. The fourth-order valence-corrected chi connectivity index (χ4v) is 2.32. The van der Waals surface area contributed by atoms with Crippen LogP contribution >= 0.6 is 0 Å². The number of aliphatic hydroxyl groups excluding tert-OH is 1. The molecule has 0 amide bonds. The first-order valence-electron chi connectivity index (χ1n) is 6.88. The molecule has 0 aliphatic heterocycles. The molecule has 1 aromatic heterocycles. The Hall–Kier alpha value is -1.61. The van der Waals surface area contributed by atoms with E-state index in [0.717, 1.165) is 36.2 Å². The third-order valence-corrected chi connectivity index (χ3v) is 3.39. The lowest BCUT2D eigenvalue weighted by atomic mass is 10.0. The third-order valence-electron chi connectivity index (χ3n) is 3.39. The maximum absolute atomic E-state index is 8.98. The molecular formula is C16H22N2O. The smallest absolute Gasteiger partial charge is 0.110 e. The molecule has 19 heavy (non-hydrogen) atoms. The molecule has 1 heterocycles. The Kier molecular flexibility index (Phi) is 4.38. The minimum atomic E-state index is 0.203. The quantitative estimate of drug-likeness (QED) is 0.808. The number of nitrogens with zero attached hydrogens (tertiary/aromatic N) is 2. The highest BCUT2D eigenvalue weighted by molar-refractivity contribution is 5.77. The van der Waals surface area contributed by atoms with Crippen molar-refractivity contribution in [2.24, 2.45) is 0 Å². The van der Waals surface area contributed by atoms with Crippen molar-refractivity contribution in [2.75, 3.05) is 6.61 Å². The molecule has 0 aliphatic carbocycles. The van der Waals surface area contributed by atoms with Crippen molar-refractivity contribution in [1.82, 2.24) is 9.55 Å². The van der Waals surface area contributed by atoms with Gasteiger partial charge in [-0.25, -0.2) is 4.98 Å². The van der Waals surface area contributed by atoms with Crippen molar-refractivity contribution >= 4 is 11.0 Å². The number of hydrogen-bond acceptors (Lipinski definition) is 2. The van der Waals surface area contributed by atoms with E-state index >= 15 is 0 Å². The summed E-state index contributed by atoms with van der Waals surface area (Å²) in [6, 6.07) is 6.48. The normalized spacial score (nSPS) is 11.4. The van der Waals surface area contributed by atoms with E-state index in [9.17, 15) is 0 Å². The number of aliphatic hydroxyl groups is 1. The average Bonchev–Trinajstić information content (AvgIpc) is 2.74. The van der Waals surface area contributed by atoms with Gasteiger partial charge in [0, 0.05) is 19.6 Å². The number of hydrogen-bond donors (Lipinski definition) is 1. The van der Waals surface area contributed by atoms with Crippen LogP contribution in [0.3, 0.4) is 0 Å². The maximum Gasteiger partial charge on any atom is 0.110 e. The Morgan fingerprint density at radius 3 is 2.84 bits per heavy atom. The van der Waals surface area contributed by atoms with Crippen molar-refractivity contribution in [3.05, 3.63) is 42.2 Å². The minimum Gasteiger partial charge on any atom is -0.396 e. The molecule has 3 heteroatoms. The second-order valence-electron chi connectivity index (χ2n) is 5.16. The summed E-state index contributed by atoms with van der Waals surface area (Å²) in [5.41, 5.74) is 3.50. The SMILES string of the molecule is C=CCn1c(CCCO)nc2cc(C(C)C)ccc21. The number of benzene rings is 1. The van der Waals surface area contributed by atoms with E-state index in [1.54, 1.807) is 0 Å². The highest BCUT2D eigenvalue weighted by atomic mass is 16.2. The lowest BCUT2D eigenvalue weighted by Crippen LogP contribution is -2.03. The van der Waals surface area contributed by atoms with Gasteiger partial charge in [0.25, 0.3) is 0 Å². The van der Waals surface area contributed by atoms with Crippen LogP contribution in [0.5, 0.6) is 0 Å². The summed E-state index contributed by atoms with van der Waals surface area (Å²) in [5.74, 6) is 1.54. The molecule has 3 nitrogen and oxygen atoms in total. The molecule has 0 fully saturated rings. The lowest BCUT2D eigenvalue weighted by Gasteiger charge is -2.07. The van der Waals surface area contributed by atoms with E-state index in [2.05, 4.69) is 43.2 Å². The van der Waals surface area contributed by atoms with Crippen LogP contribution in [-0.2, 0) is 13.0 Å². The molecule has 0 aliphatic rings. The van der Waals surface area contributed by atoms with E-state index in [0.29, 0.717) is 5.92 Å². The average molecular weight is 258 g/mol. The van der Waals surface area contributed by atoms with Gasteiger partial charge in [-0.15, -0.1) is 6.58 Å². The highest BCUT2D eigenvalue weighted by Crippen LogP contribution is 2.23. The number of fused-ring (bicyclic) bond motifs is 1. The van der Waals surface area contributed by atoms with Gasteiger partial charge in [-0.05, 0) is 30.0 Å². The monoisotopic (exact) mass is 258 g/mol. The van der Waals surface area contributed by atoms with Crippen molar-refractivity contribution in [2.45, 2.75) is 39.2 Å². The predicted octanol–water partition coefficient (Wildman–Crippen LogP) is 3.27. The van der Waals surface area contributed by atoms with Crippen LogP contribution in [-0.4, -0.2) is 21.3 Å². The van der Waals surface area contributed by atoms with Crippen LogP contribution in [0.1, 0.15) is 37.6 Å². The van der Waals surface area contributed by atoms with Crippen LogP contribution in [0, 0.1) is 0 Å². The van der Waals surface area contributed by atoms with Crippen LogP contribution in [0.25, 0.3) is 11.0 Å². The number of aromatic nitrogens is 2. The molecule has 1 aromatic carbocycles. The molecule has 102 valence electrons. The van der Waals surface area contributed by atoms with E-state index in [-0.39, 0.29) is 6.61 Å². The molecule has 0 bridgehead atoms. The van der Waals surface area contributed by atoms with Crippen molar-refractivity contribution in [3.63, 3.8) is 0 Å². The van der Waals surface area contributed by atoms with Crippen LogP contribution < -0.4 is 0 Å². The van der Waals surface area contributed by atoms with Gasteiger partial charge in [0.15, 0.2) is 0 Å². The fourth-order valence-electron chi connectivity index (χ4n) is 2.32. The zero-order chi connectivity index (χ0) is 13.8. The molecular weight excluding hydrogens is 236 g/mol. The van der Waals surface area contributed by atoms with Crippen molar-refractivity contribution in [1.29, 1.82) is 0 Å². The van der Waals surface area contributed by atoms with Gasteiger partial charge >= 0.3 is 0 Å². The first-order valence-corrected chi connectivity index (χ1v) is 6.88. The highest BCUT2D eigenvalue weighted by Gasteiger charge is 2.11. The van der Waals surface area contributed by atoms with Crippen molar-refractivity contribution in [3.8, 4) is 0 Å². The predicted molar refractivity (Wildman–Crippen MR) is 79.4 cm³/mol. The van der Waals surface area contributed by atoms with Gasteiger partial charge in [-0.3, -0.25) is 0 Å². The van der Waals surface area contributed by atoms with Gasteiger partial charge in [0.05, 0.1) is 11.0 Å². The molecule has 0 radical (unpaired) electrons. The topological polar surface area (TPSA) is 38.0 Å². The number of imidazole rings is 1. The second-order valence-corrected chi connectivity index (χ2v) is 5.16. The number of rotatable bonds is 6. The van der Waals surface area contributed by atoms with Crippen LogP contribution in [0.4, 0.5) is 0 Å². The maximum atomic E-state index is 8.98. The first-order chi connectivity index (χ1) is 9.17.